The topological polar surface area (TPSA) is 114 Å². The summed E-state index contributed by atoms with van der Waals surface area (Å²) in [6.07, 6.45) is 0. The van der Waals surface area contributed by atoms with E-state index >= 15 is 0 Å². The Labute approximate surface area is 69.7 Å². The molecule has 0 spiro atoms. The van der Waals surface area contributed by atoms with Crippen molar-refractivity contribution in [3.63, 3.8) is 0 Å². The molecule has 13 heavy (non-hydrogen) atoms. The number of nitrogens with zero attached hydrogens (tertiary/aromatic N) is 1. The van der Waals surface area contributed by atoms with Crippen LogP contribution in [0.3, 0.4) is 0 Å². The number of carbonyl (C=O) groups excluding carboxylic acids is 1. The average molecular weight is 187 g/mol. The Morgan fingerprint density at radius 3 is 2.08 bits per heavy atom. The van der Waals surface area contributed by atoms with Gasteiger partial charge < -0.3 is 4.84 Å². The zero-order valence-corrected chi connectivity index (χ0v) is 6.49. The minimum atomic E-state index is -1.11. The average Bonchev–Trinajstić information content (AvgIpc) is 1.96. The third-order valence-electron chi connectivity index (χ3n) is 1.03. The van der Waals surface area contributed by atoms with E-state index in [-0.39, 0.29) is 4.73 Å². The Hall–Kier alpha value is -2.12. The zero-order chi connectivity index (χ0) is 10.0. The van der Waals surface area contributed by atoms with Crippen molar-refractivity contribution in [1.29, 1.82) is 0 Å². The summed E-state index contributed by atoms with van der Waals surface area (Å²) in [6.45, 7) is 1.01. The molecule has 0 saturated carbocycles. The predicted molar refractivity (Wildman–Crippen MR) is 39.2 cm³/mol. The summed E-state index contributed by atoms with van der Waals surface area (Å²) in [5.74, 6) is -0.848. The van der Waals surface area contributed by atoms with Crippen molar-refractivity contribution in [1.82, 2.24) is 14.7 Å². The molecule has 0 saturated heterocycles. The van der Waals surface area contributed by atoms with Gasteiger partial charge in [-0.1, -0.05) is 4.73 Å². The zero-order valence-electron chi connectivity index (χ0n) is 6.49. The highest BCUT2D eigenvalue weighted by molar-refractivity contribution is 5.66. The van der Waals surface area contributed by atoms with Crippen LogP contribution in [0.2, 0.25) is 0 Å². The van der Waals surface area contributed by atoms with Crippen LogP contribution >= 0.6 is 0 Å². The second-order valence-corrected chi connectivity index (χ2v) is 2.07. The van der Waals surface area contributed by atoms with Crippen LogP contribution in [0.25, 0.3) is 0 Å². The number of aromatic amines is 2. The molecule has 70 valence electrons. The summed E-state index contributed by atoms with van der Waals surface area (Å²) < 4.78 is 0.115. The van der Waals surface area contributed by atoms with Crippen molar-refractivity contribution in [3.8, 4) is 0 Å². The molecule has 0 atom stereocenters. The van der Waals surface area contributed by atoms with E-state index in [2.05, 4.69) is 4.84 Å². The summed E-state index contributed by atoms with van der Waals surface area (Å²) >= 11 is 0. The van der Waals surface area contributed by atoms with Crippen molar-refractivity contribution < 1.29 is 9.63 Å². The van der Waals surface area contributed by atoms with Gasteiger partial charge in [0, 0.05) is 6.92 Å². The van der Waals surface area contributed by atoms with Crippen LogP contribution < -0.4 is 21.9 Å². The molecular formula is C5H5N3O5. The van der Waals surface area contributed by atoms with Crippen molar-refractivity contribution in [3.05, 3.63) is 31.5 Å². The minimum absolute atomic E-state index is 0.115. The number of H-pyrrole nitrogens is 2. The smallest absolute Gasteiger partial charge is 0.328 e. The van der Waals surface area contributed by atoms with Crippen LogP contribution in [-0.2, 0) is 4.79 Å². The van der Waals surface area contributed by atoms with E-state index in [1.165, 1.54) is 0 Å². The molecule has 0 aliphatic rings. The number of hydrogen-bond acceptors (Lipinski definition) is 5. The lowest BCUT2D eigenvalue weighted by molar-refractivity contribution is -0.142. The monoisotopic (exact) mass is 187 g/mol. The molecule has 0 radical (unpaired) electrons. The fourth-order valence-corrected chi connectivity index (χ4v) is 0.631. The maximum Gasteiger partial charge on any atom is 0.367 e. The molecular weight excluding hydrogens is 182 g/mol. The van der Waals surface area contributed by atoms with Gasteiger partial charge >= 0.3 is 23.0 Å². The summed E-state index contributed by atoms with van der Waals surface area (Å²) in [4.78, 5) is 50.1. The van der Waals surface area contributed by atoms with E-state index in [1.807, 2.05) is 0 Å². The molecule has 0 aromatic carbocycles. The lowest BCUT2D eigenvalue weighted by Gasteiger charge is -1.98. The van der Waals surface area contributed by atoms with Gasteiger partial charge in [-0.25, -0.2) is 19.2 Å². The first-order valence-corrected chi connectivity index (χ1v) is 3.15. The first kappa shape index (κ1) is 8.97. The van der Waals surface area contributed by atoms with E-state index in [9.17, 15) is 19.2 Å². The molecule has 0 bridgehead atoms. The molecule has 1 heterocycles. The fraction of sp³-hybridized carbons (Fsp3) is 0.200. The molecule has 1 rings (SSSR count). The standard InChI is InChI=1S/C5H5N3O5/c1-2(9)13-8-4(11)6-3(10)7-5(8)12/h1H3,(H2,6,7,10,11,12). The van der Waals surface area contributed by atoms with Crippen molar-refractivity contribution >= 4 is 5.97 Å². The van der Waals surface area contributed by atoms with Gasteiger partial charge in [0.25, 0.3) is 0 Å². The van der Waals surface area contributed by atoms with Crippen LogP contribution in [0.4, 0.5) is 0 Å². The summed E-state index contributed by atoms with van der Waals surface area (Å²) in [5.41, 5.74) is -3.17. The highest BCUT2D eigenvalue weighted by Gasteiger charge is 2.05. The minimum Gasteiger partial charge on any atom is -0.328 e. The van der Waals surface area contributed by atoms with Crippen LogP contribution in [-0.4, -0.2) is 20.7 Å². The number of rotatable bonds is 1. The number of nitrogens with one attached hydrogen (secondary N) is 2. The lowest BCUT2D eigenvalue weighted by Crippen LogP contribution is -2.47. The van der Waals surface area contributed by atoms with Gasteiger partial charge in [-0.3, -0.25) is 9.97 Å². The highest BCUT2D eigenvalue weighted by atomic mass is 16.7. The molecule has 1 aromatic heterocycles. The number of aromatic nitrogens is 3. The molecule has 0 aliphatic heterocycles. The third kappa shape index (κ3) is 1.92. The van der Waals surface area contributed by atoms with Gasteiger partial charge in [-0.05, 0) is 0 Å². The lowest BCUT2D eigenvalue weighted by atomic mass is 10.8. The Bertz CT molecular complexity index is 458. The highest BCUT2D eigenvalue weighted by Crippen LogP contribution is 1.61. The molecule has 0 unspecified atom stereocenters. The molecule has 2 N–H and O–H groups in total. The SMILES string of the molecule is CC(=O)On1c(=O)[nH]c(=O)[nH]c1=O. The normalized spacial score (nSPS) is 9.62. The van der Waals surface area contributed by atoms with E-state index in [0.717, 1.165) is 6.92 Å². The molecule has 1 aromatic rings. The third-order valence-corrected chi connectivity index (χ3v) is 1.03. The van der Waals surface area contributed by atoms with Gasteiger partial charge in [-0.15, -0.1) is 0 Å². The summed E-state index contributed by atoms with van der Waals surface area (Å²) in [5, 5.41) is 0. The van der Waals surface area contributed by atoms with Gasteiger partial charge in [0.05, 0.1) is 0 Å². The van der Waals surface area contributed by atoms with Crippen molar-refractivity contribution in [2.75, 3.05) is 0 Å². The van der Waals surface area contributed by atoms with Gasteiger partial charge in [-0.2, -0.15) is 0 Å². The number of hydrogen-bond donors (Lipinski definition) is 2. The van der Waals surface area contributed by atoms with Gasteiger partial charge in [0.15, 0.2) is 0 Å². The maximum atomic E-state index is 10.8. The Kier molecular flexibility index (Phi) is 2.13. The van der Waals surface area contributed by atoms with Gasteiger partial charge in [0.1, 0.15) is 0 Å². The first-order valence-electron chi connectivity index (χ1n) is 3.15. The maximum absolute atomic E-state index is 10.8. The van der Waals surface area contributed by atoms with Gasteiger partial charge in [0.2, 0.25) is 0 Å². The van der Waals surface area contributed by atoms with Crippen molar-refractivity contribution in [2.24, 2.45) is 0 Å². The second-order valence-electron chi connectivity index (χ2n) is 2.07. The van der Waals surface area contributed by atoms with E-state index in [4.69, 9.17) is 0 Å². The number of carbonyl (C=O) groups is 1. The van der Waals surface area contributed by atoms with E-state index in [1.54, 1.807) is 9.97 Å². The predicted octanol–water partition coefficient (Wildman–Crippen LogP) is -2.80. The molecule has 0 aliphatic carbocycles. The van der Waals surface area contributed by atoms with Crippen molar-refractivity contribution in [2.45, 2.75) is 6.92 Å². The summed E-state index contributed by atoms with van der Waals surface area (Å²) in [7, 11) is 0. The fourth-order valence-electron chi connectivity index (χ4n) is 0.631. The quantitative estimate of drug-likeness (QED) is 0.492. The molecule has 0 fully saturated rings. The Morgan fingerprint density at radius 2 is 1.69 bits per heavy atom. The van der Waals surface area contributed by atoms with Crippen LogP contribution in [0.15, 0.2) is 14.4 Å². The van der Waals surface area contributed by atoms with E-state index in [0.29, 0.717) is 0 Å². The Balaban J connectivity index is 3.38. The van der Waals surface area contributed by atoms with Crippen LogP contribution in [0.1, 0.15) is 6.92 Å². The first-order chi connectivity index (χ1) is 6.00. The summed E-state index contributed by atoms with van der Waals surface area (Å²) in [6, 6.07) is 0. The molecule has 0 amide bonds. The molecule has 8 nitrogen and oxygen atoms in total. The Morgan fingerprint density at radius 1 is 1.23 bits per heavy atom. The largest absolute Gasteiger partial charge is 0.367 e. The molecule has 8 heteroatoms. The van der Waals surface area contributed by atoms with Crippen LogP contribution in [0, 0.1) is 0 Å². The van der Waals surface area contributed by atoms with Crippen LogP contribution in [0.5, 0.6) is 0 Å². The second kappa shape index (κ2) is 3.09. The van der Waals surface area contributed by atoms with E-state index < -0.39 is 23.0 Å².